The lowest BCUT2D eigenvalue weighted by molar-refractivity contribution is 0.0693. The fourth-order valence-electron chi connectivity index (χ4n) is 1.73. The van der Waals surface area contributed by atoms with Crippen LogP contribution in [0.5, 0.6) is 0 Å². The lowest BCUT2D eigenvalue weighted by atomic mass is 10.1. The number of anilines is 1. The van der Waals surface area contributed by atoms with Gasteiger partial charge in [-0.3, -0.25) is 0 Å². The van der Waals surface area contributed by atoms with Crippen molar-refractivity contribution >= 4 is 23.0 Å². The number of aromatic nitrogens is 1. The van der Waals surface area contributed by atoms with E-state index in [2.05, 4.69) is 10.3 Å². The quantitative estimate of drug-likeness (QED) is 0.900. The first-order valence-corrected chi connectivity index (χ1v) is 6.57. The number of aromatic carboxylic acids is 1. The van der Waals surface area contributed by atoms with Crippen molar-refractivity contribution in [2.24, 2.45) is 0 Å². The van der Waals surface area contributed by atoms with E-state index in [0.29, 0.717) is 0 Å². The smallest absolute Gasteiger partial charge is 0.340 e. The molecule has 2 N–H and O–H groups in total. The van der Waals surface area contributed by atoms with Crippen molar-refractivity contribution in [2.75, 3.05) is 5.32 Å². The summed E-state index contributed by atoms with van der Waals surface area (Å²) in [4.78, 5) is 15.4. The molecule has 0 saturated carbocycles. The van der Waals surface area contributed by atoms with Gasteiger partial charge >= 0.3 is 5.97 Å². The monoisotopic (exact) mass is 280 g/mol. The largest absolute Gasteiger partial charge is 0.478 e. The van der Waals surface area contributed by atoms with Crippen LogP contribution in [0.2, 0.25) is 0 Å². The number of aryl methyl sites for hydroxylation is 1. The Morgan fingerprint density at radius 1 is 1.53 bits per heavy atom. The van der Waals surface area contributed by atoms with Crippen molar-refractivity contribution in [1.29, 1.82) is 0 Å². The number of nitrogens with one attached hydrogen (secondary N) is 1. The molecule has 6 heteroatoms. The van der Waals surface area contributed by atoms with Crippen LogP contribution < -0.4 is 5.32 Å². The molecule has 1 aromatic heterocycles. The molecule has 0 aliphatic rings. The maximum Gasteiger partial charge on any atom is 0.340 e. The molecule has 1 atom stereocenters. The van der Waals surface area contributed by atoms with Crippen LogP contribution in [0.15, 0.2) is 23.6 Å². The van der Waals surface area contributed by atoms with E-state index in [9.17, 15) is 9.18 Å². The van der Waals surface area contributed by atoms with Crippen molar-refractivity contribution in [2.45, 2.75) is 19.9 Å². The molecule has 0 aliphatic carbocycles. The number of rotatable bonds is 4. The minimum atomic E-state index is -1.29. The van der Waals surface area contributed by atoms with E-state index in [1.807, 2.05) is 19.2 Å². The van der Waals surface area contributed by atoms with Crippen LogP contribution >= 0.6 is 11.3 Å². The standard InChI is InChI=1S/C13H13FN2O2S/c1-7-6-19-12(15-7)8(2)16-10-5-3-4-9(14)11(10)13(17)18/h3-6,8,16H,1-2H3,(H,17,18). The van der Waals surface area contributed by atoms with Gasteiger partial charge in [-0.25, -0.2) is 14.2 Å². The highest BCUT2D eigenvalue weighted by Gasteiger charge is 2.18. The average Bonchev–Trinajstić information content (AvgIpc) is 2.75. The first-order chi connectivity index (χ1) is 8.99. The van der Waals surface area contributed by atoms with Crippen LogP contribution in [0.25, 0.3) is 0 Å². The van der Waals surface area contributed by atoms with Crippen molar-refractivity contribution in [3.05, 3.63) is 45.7 Å². The first kappa shape index (κ1) is 13.5. The highest BCUT2D eigenvalue weighted by Crippen LogP contribution is 2.26. The number of nitrogens with zero attached hydrogens (tertiary/aromatic N) is 1. The van der Waals surface area contributed by atoms with Crippen molar-refractivity contribution in [3.63, 3.8) is 0 Å². The van der Waals surface area contributed by atoms with E-state index in [1.54, 1.807) is 6.07 Å². The summed E-state index contributed by atoms with van der Waals surface area (Å²) < 4.78 is 13.5. The number of carboxylic acids is 1. The normalized spacial score (nSPS) is 12.2. The third-order valence-corrected chi connectivity index (χ3v) is 3.75. The third-order valence-electron chi connectivity index (χ3n) is 2.61. The van der Waals surface area contributed by atoms with Gasteiger partial charge < -0.3 is 10.4 Å². The second kappa shape index (κ2) is 5.36. The van der Waals surface area contributed by atoms with Crippen LogP contribution in [0, 0.1) is 12.7 Å². The second-order valence-electron chi connectivity index (χ2n) is 4.16. The predicted octanol–water partition coefficient (Wildman–Crippen LogP) is 3.46. The molecule has 100 valence electrons. The Morgan fingerprint density at radius 2 is 2.26 bits per heavy atom. The Hall–Kier alpha value is -1.95. The van der Waals surface area contributed by atoms with Gasteiger partial charge in [-0.15, -0.1) is 11.3 Å². The lowest BCUT2D eigenvalue weighted by Crippen LogP contribution is -2.12. The van der Waals surface area contributed by atoms with Crippen molar-refractivity contribution in [1.82, 2.24) is 4.98 Å². The van der Waals surface area contributed by atoms with Crippen LogP contribution in [0.4, 0.5) is 10.1 Å². The zero-order valence-corrected chi connectivity index (χ0v) is 11.3. The van der Waals surface area contributed by atoms with E-state index >= 15 is 0 Å². The van der Waals surface area contributed by atoms with Crippen LogP contribution in [-0.2, 0) is 0 Å². The number of carbonyl (C=O) groups is 1. The molecule has 0 bridgehead atoms. The molecular weight excluding hydrogens is 267 g/mol. The summed E-state index contributed by atoms with van der Waals surface area (Å²) in [5, 5.41) is 14.8. The highest BCUT2D eigenvalue weighted by atomic mass is 32.1. The van der Waals surface area contributed by atoms with Gasteiger partial charge in [-0.2, -0.15) is 0 Å². The Morgan fingerprint density at radius 3 is 2.84 bits per heavy atom. The molecule has 1 heterocycles. The van der Waals surface area contributed by atoms with Crippen molar-refractivity contribution in [3.8, 4) is 0 Å². The Labute approximate surface area is 113 Å². The molecular formula is C13H13FN2O2S. The summed E-state index contributed by atoms with van der Waals surface area (Å²) in [5.74, 6) is -2.04. The number of hydrogen-bond acceptors (Lipinski definition) is 4. The number of hydrogen-bond donors (Lipinski definition) is 2. The van der Waals surface area contributed by atoms with Gasteiger partial charge in [0.2, 0.25) is 0 Å². The zero-order valence-electron chi connectivity index (χ0n) is 10.5. The summed E-state index contributed by atoms with van der Waals surface area (Å²) in [6.07, 6.45) is 0. The van der Waals surface area contributed by atoms with Gasteiger partial charge in [0.25, 0.3) is 0 Å². The summed E-state index contributed by atoms with van der Waals surface area (Å²) in [5.41, 5.74) is 0.821. The van der Waals surface area contributed by atoms with Gasteiger partial charge in [0.15, 0.2) is 0 Å². The molecule has 0 saturated heterocycles. The first-order valence-electron chi connectivity index (χ1n) is 5.69. The summed E-state index contributed by atoms with van der Waals surface area (Å²) in [6, 6.07) is 3.97. The highest BCUT2D eigenvalue weighted by molar-refractivity contribution is 7.09. The fraction of sp³-hybridized carbons (Fsp3) is 0.231. The van der Waals surface area contributed by atoms with Gasteiger partial charge in [0.1, 0.15) is 16.4 Å². The molecule has 4 nitrogen and oxygen atoms in total. The maximum atomic E-state index is 13.5. The van der Waals surface area contributed by atoms with Gasteiger partial charge in [0, 0.05) is 11.1 Å². The van der Waals surface area contributed by atoms with Crippen LogP contribution in [-0.4, -0.2) is 16.1 Å². The molecule has 1 unspecified atom stereocenters. The number of carboxylic acid groups (broad SMARTS) is 1. The minimum absolute atomic E-state index is 0.182. The molecule has 0 amide bonds. The molecule has 2 aromatic rings. The number of thiazole rings is 1. The van der Waals surface area contributed by atoms with Crippen LogP contribution in [0.1, 0.15) is 34.0 Å². The molecule has 2 rings (SSSR count). The zero-order chi connectivity index (χ0) is 14.0. The molecule has 1 aromatic carbocycles. The third kappa shape index (κ3) is 2.90. The van der Waals surface area contributed by atoms with Crippen LogP contribution in [0.3, 0.4) is 0 Å². The molecule has 0 radical (unpaired) electrons. The molecule has 19 heavy (non-hydrogen) atoms. The molecule has 0 aliphatic heterocycles. The SMILES string of the molecule is Cc1csc(C(C)Nc2cccc(F)c2C(=O)O)n1. The Bertz CT molecular complexity index is 612. The van der Waals surface area contributed by atoms with Crippen molar-refractivity contribution < 1.29 is 14.3 Å². The fourth-order valence-corrected chi connectivity index (χ4v) is 2.53. The average molecular weight is 280 g/mol. The summed E-state index contributed by atoms with van der Waals surface area (Å²) in [7, 11) is 0. The van der Waals surface area contributed by atoms with E-state index in [4.69, 9.17) is 5.11 Å². The molecule has 0 fully saturated rings. The van der Waals surface area contributed by atoms with E-state index in [1.165, 1.54) is 17.4 Å². The van der Waals surface area contributed by atoms with Gasteiger partial charge in [-0.05, 0) is 26.0 Å². The Kier molecular flexibility index (Phi) is 3.80. The predicted molar refractivity (Wildman–Crippen MR) is 72.2 cm³/mol. The summed E-state index contributed by atoms with van der Waals surface area (Å²) >= 11 is 1.48. The number of benzene rings is 1. The molecule has 0 spiro atoms. The minimum Gasteiger partial charge on any atom is -0.478 e. The van der Waals surface area contributed by atoms with E-state index < -0.39 is 11.8 Å². The lowest BCUT2D eigenvalue weighted by Gasteiger charge is -2.15. The topological polar surface area (TPSA) is 62.2 Å². The van der Waals surface area contributed by atoms with E-state index in [-0.39, 0.29) is 17.3 Å². The van der Waals surface area contributed by atoms with E-state index in [0.717, 1.165) is 16.8 Å². The Balaban J connectivity index is 2.28. The van der Waals surface area contributed by atoms with Gasteiger partial charge in [0.05, 0.1) is 11.7 Å². The maximum absolute atomic E-state index is 13.5. The summed E-state index contributed by atoms with van der Waals surface area (Å²) in [6.45, 7) is 3.74. The van der Waals surface area contributed by atoms with Gasteiger partial charge in [-0.1, -0.05) is 6.07 Å². The number of halogens is 1. The second-order valence-corrected chi connectivity index (χ2v) is 5.05.